The molecule has 1 nitrogen and oxygen atoms in total. The minimum atomic E-state index is 0.271. The molecule has 1 atom stereocenters. The molecular weight excluding hydrogens is 170 g/mol. The quantitative estimate of drug-likeness (QED) is 0.624. The molecule has 0 bridgehead atoms. The second kappa shape index (κ2) is 3.74. The van der Waals surface area contributed by atoms with Crippen LogP contribution in [0.5, 0.6) is 0 Å². The molecule has 2 N–H and O–H groups in total. The lowest BCUT2D eigenvalue weighted by Crippen LogP contribution is -2.12. The summed E-state index contributed by atoms with van der Waals surface area (Å²) in [5.74, 6) is 0. The zero-order chi connectivity index (χ0) is 10.1. The van der Waals surface area contributed by atoms with Gasteiger partial charge in [0, 0.05) is 6.04 Å². The van der Waals surface area contributed by atoms with E-state index >= 15 is 0 Å². The van der Waals surface area contributed by atoms with Crippen LogP contribution in [0.25, 0.3) is 0 Å². The van der Waals surface area contributed by atoms with Crippen molar-refractivity contribution < 1.29 is 0 Å². The summed E-state index contributed by atoms with van der Waals surface area (Å²) in [6.45, 7) is 4.39. The van der Waals surface area contributed by atoms with Crippen LogP contribution < -0.4 is 5.73 Å². The van der Waals surface area contributed by atoms with Crippen molar-refractivity contribution in [2.24, 2.45) is 5.73 Å². The lowest BCUT2D eigenvalue weighted by molar-refractivity contribution is 0.613. The molecule has 0 spiro atoms. The van der Waals surface area contributed by atoms with E-state index in [4.69, 9.17) is 5.73 Å². The molecule has 1 aliphatic carbocycles. The minimum Gasteiger partial charge on any atom is -0.324 e. The molecule has 0 heterocycles. The molecule has 0 aliphatic heterocycles. The van der Waals surface area contributed by atoms with E-state index in [0.717, 1.165) is 6.42 Å². The van der Waals surface area contributed by atoms with E-state index in [-0.39, 0.29) is 6.04 Å². The van der Waals surface area contributed by atoms with Crippen molar-refractivity contribution in [3.8, 4) is 0 Å². The Morgan fingerprint density at radius 1 is 1.14 bits per heavy atom. The van der Waals surface area contributed by atoms with Crippen molar-refractivity contribution in [1.82, 2.24) is 0 Å². The van der Waals surface area contributed by atoms with Gasteiger partial charge in [-0.15, -0.1) is 0 Å². The van der Waals surface area contributed by atoms with Gasteiger partial charge < -0.3 is 5.73 Å². The second-order valence-electron chi connectivity index (χ2n) is 4.44. The van der Waals surface area contributed by atoms with Gasteiger partial charge in [-0.05, 0) is 55.4 Å². The molecule has 76 valence electrons. The first-order chi connectivity index (χ1) is 6.70. The molecule has 0 radical (unpaired) electrons. The van der Waals surface area contributed by atoms with Gasteiger partial charge in [-0.1, -0.05) is 18.6 Å². The standard InChI is InChI=1S/C13H19N/c1-9-7-8-10(2)13-11(9)5-3-4-6-12(13)14/h7-8,12H,3-6,14H2,1-2H3/t12-/m1/s1. The topological polar surface area (TPSA) is 26.0 Å². The smallest absolute Gasteiger partial charge is 0.0300 e. The Hall–Kier alpha value is -0.820. The van der Waals surface area contributed by atoms with Crippen molar-refractivity contribution in [2.75, 3.05) is 0 Å². The Bertz CT molecular complexity index is 341. The number of aryl methyl sites for hydroxylation is 2. The molecular formula is C13H19N. The van der Waals surface area contributed by atoms with E-state index in [9.17, 15) is 0 Å². The SMILES string of the molecule is Cc1ccc(C)c2c1CCCC[C@H]2N. The third-order valence-corrected chi connectivity index (χ3v) is 3.37. The van der Waals surface area contributed by atoms with Crippen LogP contribution in [0, 0.1) is 13.8 Å². The highest BCUT2D eigenvalue weighted by atomic mass is 14.6. The molecule has 0 unspecified atom stereocenters. The van der Waals surface area contributed by atoms with E-state index in [0.29, 0.717) is 0 Å². The normalized spacial score (nSPS) is 21.5. The zero-order valence-electron chi connectivity index (χ0n) is 9.14. The molecule has 1 heteroatoms. The van der Waals surface area contributed by atoms with Gasteiger partial charge in [0.1, 0.15) is 0 Å². The lowest BCUT2D eigenvalue weighted by Gasteiger charge is -2.17. The summed E-state index contributed by atoms with van der Waals surface area (Å²) in [6, 6.07) is 4.71. The van der Waals surface area contributed by atoms with Gasteiger partial charge >= 0.3 is 0 Å². The Balaban J connectivity index is 2.57. The predicted octanol–water partition coefficient (Wildman–Crippen LogP) is 3.03. The largest absolute Gasteiger partial charge is 0.324 e. The molecule has 14 heavy (non-hydrogen) atoms. The van der Waals surface area contributed by atoms with Gasteiger partial charge in [-0.25, -0.2) is 0 Å². The number of fused-ring (bicyclic) bond motifs is 1. The Morgan fingerprint density at radius 2 is 1.86 bits per heavy atom. The van der Waals surface area contributed by atoms with Crippen LogP contribution in [0.3, 0.4) is 0 Å². The van der Waals surface area contributed by atoms with Crippen LogP contribution in [0.15, 0.2) is 12.1 Å². The van der Waals surface area contributed by atoms with Gasteiger partial charge in [0.25, 0.3) is 0 Å². The van der Waals surface area contributed by atoms with E-state index in [2.05, 4.69) is 26.0 Å². The molecule has 1 aromatic carbocycles. The summed E-state index contributed by atoms with van der Waals surface area (Å²) in [5.41, 5.74) is 12.0. The highest BCUT2D eigenvalue weighted by Crippen LogP contribution is 2.31. The van der Waals surface area contributed by atoms with Crippen molar-refractivity contribution in [2.45, 2.75) is 45.6 Å². The maximum atomic E-state index is 6.22. The highest BCUT2D eigenvalue weighted by Gasteiger charge is 2.18. The van der Waals surface area contributed by atoms with E-state index in [1.807, 2.05) is 0 Å². The fourth-order valence-electron chi connectivity index (χ4n) is 2.55. The van der Waals surface area contributed by atoms with Gasteiger partial charge in [-0.3, -0.25) is 0 Å². The van der Waals surface area contributed by atoms with Crippen molar-refractivity contribution >= 4 is 0 Å². The number of hydrogen-bond acceptors (Lipinski definition) is 1. The van der Waals surface area contributed by atoms with Gasteiger partial charge in [0.05, 0.1) is 0 Å². The predicted molar refractivity (Wildman–Crippen MR) is 60.4 cm³/mol. The Morgan fingerprint density at radius 3 is 2.64 bits per heavy atom. The maximum Gasteiger partial charge on any atom is 0.0300 e. The van der Waals surface area contributed by atoms with E-state index in [1.54, 1.807) is 0 Å². The molecule has 2 rings (SSSR count). The van der Waals surface area contributed by atoms with Crippen LogP contribution in [0.1, 0.15) is 47.6 Å². The van der Waals surface area contributed by atoms with Crippen LogP contribution in [0.2, 0.25) is 0 Å². The molecule has 1 aliphatic rings. The van der Waals surface area contributed by atoms with Crippen LogP contribution in [0.4, 0.5) is 0 Å². The van der Waals surface area contributed by atoms with E-state index < -0.39 is 0 Å². The van der Waals surface area contributed by atoms with Crippen molar-refractivity contribution in [1.29, 1.82) is 0 Å². The molecule has 0 saturated carbocycles. The van der Waals surface area contributed by atoms with Crippen molar-refractivity contribution in [3.63, 3.8) is 0 Å². The molecule has 0 aromatic heterocycles. The Labute approximate surface area is 86.3 Å². The molecule has 0 saturated heterocycles. The second-order valence-corrected chi connectivity index (χ2v) is 4.44. The summed E-state index contributed by atoms with van der Waals surface area (Å²) < 4.78 is 0. The third kappa shape index (κ3) is 1.57. The van der Waals surface area contributed by atoms with Crippen LogP contribution in [-0.4, -0.2) is 0 Å². The Kier molecular flexibility index (Phi) is 2.60. The first-order valence-electron chi connectivity index (χ1n) is 5.54. The van der Waals surface area contributed by atoms with Crippen LogP contribution >= 0.6 is 0 Å². The fraction of sp³-hybridized carbons (Fsp3) is 0.538. The first kappa shape index (κ1) is 9.72. The highest BCUT2D eigenvalue weighted by molar-refractivity contribution is 5.42. The van der Waals surface area contributed by atoms with Gasteiger partial charge in [0.2, 0.25) is 0 Å². The van der Waals surface area contributed by atoms with E-state index in [1.165, 1.54) is 41.5 Å². The number of benzene rings is 1. The average molecular weight is 189 g/mol. The minimum absolute atomic E-state index is 0.271. The summed E-state index contributed by atoms with van der Waals surface area (Å²) in [7, 11) is 0. The maximum absolute atomic E-state index is 6.22. The van der Waals surface area contributed by atoms with Crippen LogP contribution in [-0.2, 0) is 6.42 Å². The summed E-state index contributed by atoms with van der Waals surface area (Å²) in [5, 5.41) is 0. The first-order valence-corrected chi connectivity index (χ1v) is 5.54. The number of nitrogens with two attached hydrogens (primary N) is 1. The van der Waals surface area contributed by atoms with Crippen molar-refractivity contribution in [3.05, 3.63) is 34.4 Å². The summed E-state index contributed by atoms with van der Waals surface area (Å²) >= 11 is 0. The molecule has 0 amide bonds. The number of hydrogen-bond donors (Lipinski definition) is 1. The lowest BCUT2D eigenvalue weighted by atomic mass is 9.91. The average Bonchev–Trinajstić information content (AvgIpc) is 2.35. The van der Waals surface area contributed by atoms with Gasteiger partial charge in [-0.2, -0.15) is 0 Å². The monoisotopic (exact) mass is 189 g/mol. The fourth-order valence-corrected chi connectivity index (χ4v) is 2.55. The third-order valence-electron chi connectivity index (χ3n) is 3.37. The summed E-state index contributed by atoms with van der Waals surface area (Å²) in [6.07, 6.45) is 4.94. The zero-order valence-corrected chi connectivity index (χ0v) is 9.14. The molecule has 0 fully saturated rings. The number of rotatable bonds is 0. The van der Waals surface area contributed by atoms with Gasteiger partial charge in [0.15, 0.2) is 0 Å². The summed E-state index contributed by atoms with van der Waals surface area (Å²) in [4.78, 5) is 0. The molecule has 1 aromatic rings.